The zero-order chi connectivity index (χ0) is 13.1. The fourth-order valence-electron chi connectivity index (χ4n) is 1.97. The number of aryl methyl sites for hydroxylation is 1. The third-order valence-corrected chi connectivity index (χ3v) is 3.56. The first-order chi connectivity index (χ1) is 8.56. The lowest BCUT2D eigenvalue weighted by atomic mass is 10.1. The second-order valence-corrected chi connectivity index (χ2v) is 5.08. The highest BCUT2D eigenvalue weighted by Crippen LogP contribution is 2.17. The molecule has 18 heavy (non-hydrogen) atoms. The molecule has 0 aromatic heterocycles. The van der Waals surface area contributed by atoms with E-state index >= 15 is 0 Å². The molecule has 1 aromatic carbocycles. The molecule has 1 heterocycles. The molecule has 1 fully saturated rings. The van der Waals surface area contributed by atoms with Crippen LogP contribution in [-0.2, 0) is 4.79 Å². The van der Waals surface area contributed by atoms with E-state index in [1.54, 1.807) is 17.1 Å². The van der Waals surface area contributed by atoms with Gasteiger partial charge >= 0.3 is 0 Å². The van der Waals surface area contributed by atoms with Crippen LogP contribution in [0.3, 0.4) is 0 Å². The van der Waals surface area contributed by atoms with Gasteiger partial charge in [0.1, 0.15) is 0 Å². The summed E-state index contributed by atoms with van der Waals surface area (Å²) < 4.78 is 0. The van der Waals surface area contributed by atoms with Crippen molar-refractivity contribution in [2.45, 2.75) is 19.4 Å². The maximum absolute atomic E-state index is 11.9. The van der Waals surface area contributed by atoms with Crippen molar-refractivity contribution < 1.29 is 4.79 Å². The molecular formula is C14H17ClN2O. The Kier molecular flexibility index (Phi) is 4.04. The number of carbonyl (C=O) groups is 1. The highest BCUT2D eigenvalue weighted by atomic mass is 35.5. The van der Waals surface area contributed by atoms with E-state index in [9.17, 15) is 4.79 Å². The number of rotatable bonds is 2. The van der Waals surface area contributed by atoms with E-state index < -0.39 is 0 Å². The molecule has 1 aliphatic rings. The van der Waals surface area contributed by atoms with Gasteiger partial charge in [-0.15, -0.1) is 0 Å². The number of halogens is 1. The van der Waals surface area contributed by atoms with Crippen LogP contribution in [0.2, 0.25) is 5.02 Å². The second kappa shape index (κ2) is 5.55. The van der Waals surface area contributed by atoms with Crippen molar-refractivity contribution in [3.63, 3.8) is 0 Å². The summed E-state index contributed by atoms with van der Waals surface area (Å²) in [6, 6.07) is 5.87. The first kappa shape index (κ1) is 13.1. The van der Waals surface area contributed by atoms with Crippen LogP contribution < -0.4 is 5.73 Å². The normalized spacial score (nSPS) is 19.7. The van der Waals surface area contributed by atoms with E-state index in [0.29, 0.717) is 11.6 Å². The number of likely N-dealkylation sites (tertiary alicyclic amines) is 1. The van der Waals surface area contributed by atoms with Crippen LogP contribution in [0.4, 0.5) is 0 Å². The monoisotopic (exact) mass is 264 g/mol. The Morgan fingerprint density at radius 3 is 2.94 bits per heavy atom. The lowest BCUT2D eigenvalue weighted by molar-refractivity contribution is -0.124. The van der Waals surface area contributed by atoms with E-state index in [4.69, 9.17) is 17.3 Å². The van der Waals surface area contributed by atoms with E-state index in [0.717, 1.165) is 24.1 Å². The summed E-state index contributed by atoms with van der Waals surface area (Å²) in [4.78, 5) is 13.6. The first-order valence-electron chi connectivity index (χ1n) is 6.05. The molecule has 1 aliphatic heterocycles. The minimum Gasteiger partial charge on any atom is -0.338 e. The minimum absolute atomic E-state index is 0.0136. The molecule has 3 nitrogen and oxygen atoms in total. The number of hydrogen-bond donors (Lipinski definition) is 1. The molecule has 1 atom stereocenters. The van der Waals surface area contributed by atoms with Gasteiger partial charge in [-0.2, -0.15) is 0 Å². The molecule has 0 saturated carbocycles. The average Bonchev–Trinajstić information content (AvgIpc) is 2.77. The van der Waals surface area contributed by atoms with Crippen molar-refractivity contribution in [2.24, 2.45) is 5.73 Å². The van der Waals surface area contributed by atoms with Crippen molar-refractivity contribution in [1.82, 2.24) is 4.90 Å². The van der Waals surface area contributed by atoms with Crippen molar-refractivity contribution in [1.29, 1.82) is 0 Å². The Morgan fingerprint density at radius 1 is 1.56 bits per heavy atom. The molecule has 2 N–H and O–H groups in total. The summed E-state index contributed by atoms with van der Waals surface area (Å²) in [7, 11) is 0. The molecule has 1 saturated heterocycles. The Balaban J connectivity index is 2.02. The predicted octanol–water partition coefficient (Wildman–Crippen LogP) is 2.22. The van der Waals surface area contributed by atoms with Gasteiger partial charge in [-0.25, -0.2) is 0 Å². The number of nitrogens with zero attached hydrogens (tertiary/aromatic N) is 1. The molecular weight excluding hydrogens is 248 g/mol. The fourth-order valence-corrected chi connectivity index (χ4v) is 2.16. The number of hydrogen-bond acceptors (Lipinski definition) is 2. The van der Waals surface area contributed by atoms with Crippen molar-refractivity contribution in [3.05, 3.63) is 40.4 Å². The number of amides is 1. The van der Waals surface area contributed by atoms with Crippen molar-refractivity contribution >= 4 is 23.6 Å². The van der Waals surface area contributed by atoms with Crippen molar-refractivity contribution in [3.8, 4) is 0 Å². The van der Waals surface area contributed by atoms with Gasteiger partial charge in [0, 0.05) is 30.2 Å². The lowest BCUT2D eigenvalue weighted by Crippen LogP contribution is -2.30. The fraction of sp³-hybridized carbons (Fsp3) is 0.357. The molecule has 0 spiro atoms. The van der Waals surface area contributed by atoms with Gasteiger partial charge < -0.3 is 10.6 Å². The third-order valence-electron chi connectivity index (χ3n) is 3.15. The van der Waals surface area contributed by atoms with Crippen LogP contribution in [-0.4, -0.2) is 29.9 Å². The van der Waals surface area contributed by atoms with Gasteiger partial charge in [-0.3, -0.25) is 4.79 Å². The Hall–Kier alpha value is -1.32. The first-order valence-corrected chi connectivity index (χ1v) is 6.43. The molecule has 2 rings (SSSR count). The summed E-state index contributed by atoms with van der Waals surface area (Å²) in [5.74, 6) is 0.0136. The molecule has 0 radical (unpaired) electrons. The summed E-state index contributed by atoms with van der Waals surface area (Å²) in [5.41, 5.74) is 7.74. The standard InChI is InChI=1S/C14H17ClN2O/c1-10-2-3-11(8-13(10)15)4-5-14(18)17-7-6-12(16)9-17/h2-5,8,12H,6-7,9,16H2,1H3/t12-/m1/s1. The van der Waals surface area contributed by atoms with E-state index in [1.807, 2.05) is 25.1 Å². The minimum atomic E-state index is 0.0136. The average molecular weight is 265 g/mol. The van der Waals surface area contributed by atoms with Gasteiger partial charge in [-0.1, -0.05) is 23.7 Å². The summed E-state index contributed by atoms with van der Waals surface area (Å²) in [6.45, 7) is 3.35. The Bertz CT molecular complexity index is 485. The topological polar surface area (TPSA) is 46.3 Å². The number of nitrogens with two attached hydrogens (primary N) is 1. The van der Waals surface area contributed by atoms with Crippen LogP contribution in [0.15, 0.2) is 24.3 Å². The molecule has 96 valence electrons. The van der Waals surface area contributed by atoms with Gasteiger partial charge in [0.05, 0.1) is 0 Å². The van der Waals surface area contributed by atoms with Gasteiger partial charge in [0.2, 0.25) is 5.91 Å². The molecule has 0 unspecified atom stereocenters. The Morgan fingerprint density at radius 2 is 2.33 bits per heavy atom. The molecule has 0 aliphatic carbocycles. The largest absolute Gasteiger partial charge is 0.338 e. The van der Waals surface area contributed by atoms with Crippen molar-refractivity contribution in [2.75, 3.05) is 13.1 Å². The maximum Gasteiger partial charge on any atom is 0.246 e. The molecule has 4 heteroatoms. The lowest BCUT2D eigenvalue weighted by Gasteiger charge is -2.12. The van der Waals surface area contributed by atoms with Crippen LogP contribution in [0.1, 0.15) is 17.5 Å². The summed E-state index contributed by atoms with van der Waals surface area (Å²) in [6.07, 6.45) is 4.26. The van der Waals surface area contributed by atoms with Crippen LogP contribution in [0.25, 0.3) is 6.08 Å². The summed E-state index contributed by atoms with van der Waals surface area (Å²) >= 11 is 6.03. The smallest absolute Gasteiger partial charge is 0.246 e. The zero-order valence-electron chi connectivity index (χ0n) is 10.4. The zero-order valence-corrected chi connectivity index (χ0v) is 11.2. The molecule has 0 bridgehead atoms. The summed E-state index contributed by atoms with van der Waals surface area (Å²) in [5, 5.41) is 0.716. The van der Waals surface area contributed by atoms with Gasteiger partial charge in [-0.05, 0) is 36.6 Å². The van der Waals surface area contributed by atoms with Crippen LogP contribution in [0, 0.1) is 6.92 Å². The van der Waals surface area contributed by atoms with E-state index in [2.05, 4.69) is 0 Å². The maximum atomic E-state index is 11.9. The molecule has 1 aromatic rings. The number of benzene rings is 1. The SMILES string of the molecule is Cc1ccc(C=CC(=O)N2CC[C@@H](N)C2)cc1Cl. The third kappa shape index (κ3) is 3.12. The van der Waals surface area contributed by atoms with Crippen LogP contribution in [0.5, 0.6) is 0 Å². The highest BCUT2D eigenvalue weighted by Gasteiger charge is 2.21. The molecule has 1 amide bonds. The van der Waals surface area contributed by atoms with Crippen LogP contribution >= 0.6 is 11.6 Å². The van der Waals surface area contributed by atoms with Gasteiger partial charge in [0.25, 0.3) is 0 Å². The van der Waals surface area contributed by atoms with E-state index in [-0.39, 0.29) is 11.9 Å². The van der Waals surface area contributed by atoms with Gasteiger partial charge in [0.15, 0.2) is 0 Å². The second-order valence-electron chi connectivity index (χ2n) is 4.67. The quantitative estimate of drug-likeness (QED) is 0.833. The number of carbonyl (C=O) groups excluding carboxylic acids is 1. The Labute approximate surface area is 112 Å². The van der Waals surface area contributed by atoms with E-state index in [1.165, 1.54) is 0 Å². The predicted molar refractivity (Wildman–Crippen MR) is 74.4 cm³/mol. The highest BCUT2D eigenvalue weighted by molar-refractivity contribution is 6.31.